The zero-order valence-corrected chi connectivity index (χ0v) is 14.2. The van der Waals surface area contributed by atoms with E-state index < -0.39 is 0 Å². The summed E-state index contributed by atoms with van der Waals surface area (Å²) in [6.07, 6.45) is 8.90. The first kappa shape index (κ1) is 15.9. The first-order valence-electron chi connectivity index (χ1n) is 8.43. The number of halogens is 1. The molecular weight excluding hydrogens is 304 g/mol. The van der Waals surface area contributed by atoms with Crippen molar-refractivity contribution < 1.29 is 4.79 Å². The van der Waals surface area contributed by atoms with Crippen LogP contribution in [0.3, 0.4) is 0 Å². The van der Waals surface area contributed by atoms with E-state index in [0.29, 0.717) is 29.0 Å². The number of amides is 1. The highest BCUT2D eigenvalue weighted by Gasteiger charge is 2.51. The summed E-state index contributed by atoms with van der Waals surface area (Å²) in [5.74, 6) is 2.93. The van der Waals surface area contributed by atoms with Gasteiger partial charge in [-0.05, 0) is 43.9 Å². The summed E-state index contributed by atoms with van der Waals surface area (Å²) in [5.41, 5.74) is 6.39. The van der Waals surface area contributed by atoms with Crippen LogP contribution >= 0.6 is 24.2 Å². The van der Waals surface area contributed by atoms with E-state index in [1.54, 1.807) is 0 Å². The molecule has 1 saturated heterocycles. The number of nitrogens with zero attached hydrogens (tertiary/aromatic N) is 1. The van der Waals surface area contributed by atoms with Gasteiger partial charge in [0.1, 0.15) is 0 Å². The van der Waals surface area contributed by atoms with E-state index in [9.17, 15) is 4.79 Å². The minimum atomic E-state index is 0. The fourth-order valence-corrected chi connectivity index (χ4v) is 6.71. The fourth-order valence-electron chi connectivity index (χ4n) is 5.26. The number of hydrogen-bond donors (Lipinski definition) is 1. The van der Waals surface area contributed by atoms with Crippen molar-refractivity contribution in [3.8, 4) is 0 Å². The minimum absolute atomic E-state index is 0. The molecule has 6 atom stereocenters. The lowest BCUT2D eigenvalue weighted by atomic mass is 9.83. The van der Waals surface area contributed by atoms with Crippen LogP contribution in [0.15, 0.2) is 0 Å². The molecule has 1 heterocycles. The molecule has 0 aromatic rings. The van der Waals surface area contributed by atoms with Gasteiger partial charge in [-0.15, -0.1) is 12.4 Å². The predicted octanol–water partition coefficient (Wildman–Crippen LogP) is 2.67. The zero-order valence-electron chi connectivity index (χ0n) is 12.6. The van der Waals surface area contributed by atoms with Crippen LogP contribution in [-0.4, -0.2) is 40.4 Å². The van der Waals surface area contributed by atoms with Crippen molar-refractivity contribution in [3.63, 3.8) is 0 Å². The molecule has 0 aromatic carbocycles. The van der Waals surface area contributed by atoms with Crippen LogP contribution < -0.4 is 5.73 Å². The summed E-state index contributed by atoms with van der Waals surface area (Å²) in [5, 5.41) is 0.705. The van der Waals surface area contributed by atoms with Gasteiger partial charge in [-0.2, -0.15) is 11.8 Å². The average molecular weight is 331 g/mol. The van der Waals surface area contributed by atoms with E-state index in [-0.39, 0.29) is 24.4 Å². The van der Waals surface area contributed by atoms with Crippen molar-refractivity contribution in [3.05, 3.63) is 0 Å². The van der Waals surface area contributed by atoms with Crippen molar-refractivity contribution in [1.82, 2.24) is 4.90 Å². The highest BCUT2D eigenvalue weighted by atomic mass is 35.5. The molecule has 0 aromatic heterocycles. The first-order valence-corrected chi connectivity index (χ1v) is 9.48. The summed E-state index contributed by atoms with van der Waals surface area (Å²) in [4.78, 5) is 15.3. The van der Waals surface area contributed by atoms with Gasteiger partial charge in [0.05, 0.1) is 5.92 Å². The highest BCUT2D eigenvalue weighted by Crippen LogP contribution is 2.49. The molecule has 2 bridgehead atoms. The van der Waals surface area contributed by atoms with E-state index in [1.165, 1.54) is 44.9 Å². The maximum absolute atomic E-state index is 13.1. The smallest absolute Gasteiger partial charge is 0.227 e. The predicted molar refractivity (Wildman–Crippen MR) is 89.8 cm³/mol. The van der Waals surface area contributed by atoms with Crippen molar-refractivity contribution in [2.45, 2.75) is 62.3 Å². The topological polar surface area (TPSA) is 46.3 Å². The number of hydrogen-bond acceptors (Lipinski definition) is 3. The number of rotatable bonds is 1. The summed E-state index contributed by atoms with van der Waals surface area (Å²) < 4.78 is 0. The van der Waals surface area contributed by atoms with Gasteiger partial charge in [0.2, 0.25) is 5.91 Å². The largest absolute Gasteiger partial charge is 0.337 e. The lowest BCUT2D eigenvalue weighted by molar-refractivity contribution is -0.140. The molecule has 3 nitrogen and oxygen atoms in total. The second kappa shape index (κ2) is 6.29. The van der Waals surface area contributed by atoms with Crippen LogP contribution in [0.2, 0.25) is 0 Å². The van der Waals surface area contributed by atoms with Gasteiger partial charge in [0.25, 0.3) is 0 Å². The quantitative estimate of drug-likeness (QED) is 0.804. The Kier molecular flexibility index (Phi) is 4.77. The average Bonchev–Trinajstić information content (AvgIpc) is 3.07. The maximum Gasteiger partial charge on any atom is 0.227 e. The second-order valence-electron chi connectivity index (χ2n) is 7.23. The van der Waals surface area contributed by atoms with Crippen molar-refractivity contribution in [2.75, 3.05) is 12.3 Å². The highest BCUT2D eigenvalue weighted by molar-refractivity contribution is 8.00. The lowest BCUT2D eigenvalue weighted by Gasteiger charge is -2.45. The van der Waals surface area contributed by atoms with Crippen LogP contribution in [0, 0.1) is 17.8 Å². The van der Waals surface area contributed by atoms with Gasteiger partial charge in [0.15, 0.2) is 0 Å². The molecule has 3 aliphatic carbocycles. The Morgan fingerprint density at radius 1 is 1.10 bits per heavy atom. The molecule has 4 aliphatic rings. The number of nitrogens with two attached hydrogens (primary N) is 1. The van der Waals surface area contributed by atoms with Crippen molar-refractivity contribution in [2.24, 2.45) is 23.5 Å². The Morgan fingerprint density at radius 2 is 1.86 bits per heavy atom. The second-order valence-corrected chi connectivity index (χ2v) is 8.58. The zero-order chi connectivity index (χ0) is 13.7. The molecule has 0 spiro atoms. The molecule has 4 rings (SSSR count). The molecule has 21 heavy (non-hydrogen) atoms. The van der Waals surface area contributed by atoms with Crippen molar-refractivity contribution >= 4 is 30.1 Å². The van der Waals surface area contributed by atoms with Gasteiger partial charge in [-0.3, -0.25) is 4.79 Å². The summed E-state index contributed by atoms with van der Waals surface area (Å²) >= 11 is 2.10. The Hall–Kier alpha value is 0.0700. The molecular formula is C16H27ClN2OS. The van der Waals surface area contributed by atoms with Crippen LogP contribution in [0.1, 0.15) is 44.9 Å². The minimum Gasteiger partial charge on any atom is -0.337 e. The number of carbonyl (C=O) groups excluding carboxylic acids is 1. The molecule has 5 heteroatoms. The maximum atomic E-state index is 13.1. The summed E-state index contributed by atoms with van der Waals surface area (Å²) in [6, 6.07) is 0.666. The van der Waals surface area contributed by atoms with E-state index in [0.717, 1.165) is 12.3 Å². The monoisotopic (exact) mass is 330 g/mol. The standard InChI is InChI=1S/C16H26N2OS.ClH/c17-15-11-6-5-10(9-11)14(15)16(19)18-7-8-20-13-4-2-1-3-12(13)18;/h10-15H,1-9,17H2;1H. The van der Waals surface area contributed by atoms with E-state index in [1.807, 2.05) is 0 Å². The van der Waals surface area contributed by atoms with Crippen LogP contribution in [0.4, 0.5) is 0 Å². The third-order valence-electron chi connectivity index (χ3n) is 6.28. The van der Waals surface area contributed by atoms with Gasteiger partial charge in [0, 0.05) is 29.6 Å². The molecule has 2 N–H and O–H groups in total. The Labute approximate surface area is 138 Å². The van der Waals surface area contributed by atoms with Crippen LogP contribution in [0.5, 0.6) is 0 Å². The third kappa shape index (κ3) is 2.61. The molecule has 0 radical (unpaired) electrons. The Bertz CT molecular complexity index is 404. The SMILES string of the molecule is Cl.NC1C2CCC(C2)C1C(=O)N1CCSC2CCCCC21. The molecule has 1 amide bonds. The Balaban J connectivity index is 0.00000132. The number of carbonyl (C=O) groups is 1. The molecule has 4 fully saturated rings. The lowest BCUT2D eigenvalue weighted by Crippen LogP contribution is -2.56. The summed E-state index contributed by atoms with van der Waals surface area (Å²) in [6.45, 7) is 0.964. The van der Waals surface area contributed by atoms with Crippen LogP contribution in [0.25, 0.3) is 0 Å². The van der Waals surface area contributed by atoms with E-state index >= 15 is 0 Å². The third-order valence-corrected chi connectivity index (χ3v) is 7.68. The van der Waals surface area contributed by atoms with E-state index in [4.69, 9.17) is 5.73 Å². The number of fused-ring (bicyclic) bond motifs is 3. The Morgan fingerprint density at radius 3 is 2.62 bits per heavy atom. The van der Waals surface area contributed by atoms with Gasteiger partial charge < -0.3 is 10.6 Å². The normalized spacial score (nSPS) is 45.1. The molecule has 1 aliphatic heterocycles. The van der Waals surface area contributed by atoms with E-state index in [2.05, 4.69) is 16.7 Å². The fraction of sp³-hybridized carbons (Fsp3) is 0.938. The van der Waals surface area contributed by atoms with Crippen LogP contribution in [-0.2, 0) is 4.79 Å². The molecule has 3 saturated carbocycles. The molecule has 120 valence electrons. The van der Waals surface area contributed by atoms with Crippen molar-refractivity contribution in [1.29, 1.82) is 0 Å². The van der Waals surface area contributed by atoms with Gasteiger partial charge in [-0.1, -0.05) is 12.8 Å². The summed E-state index contributed by atoms with van der Waals surface area (Å²) in [7, 11) is 0. The first-order chi connectivity index (χ1) is 9.75. The van der Waals surface area contributed by atoms with Gasteiger partial charge in [-0.25, -0.2) is 0 Å². The number of thioether (sulfide) groups is 1. The molecule has 6 unspecified atom stereocenters. The van der Waals surface area contributed by atoms with Gasteiger partial charge >= 0.3 is 0 Å².